The van der Waals surface area contributed by atoms with Crippen molar-refractivity contribution in [2.75, 3.05) is 14.2 Å². The van der Waals surface area contributed by atoms with Gasteiger partial charge < -0.3 is 27.8 Å². The van der Waals surface area contributed by atoms with E-state index in [0.717, 1.165) is 14.2 Å². The van der Waals surface area contributed by atoms with Gasteiger partial charge in [0, 0.05) is 0 Å². The van der Waals surface area contributed by atoms with E-state index in [1.807, 2.05) is 0 Å². The minimum atomic E-state index is -1.14. The van der Waals surface area contributed by atoms with Gasteiger partial charge in [-0.3, -0.25) is 9.59 Å². The van der Waals surface area contributed by atoms with Crippen molar-refractivity contribution in [3.63, 3.8) is 0 Å². The van der Waals surface area contributed by atoms with Gasteiger partial charge in [0.25, 0.3) is 11.1 Å². The number of para-hydroxylation sites is 2. The third-order valence-electron chi connectivity index (χ3n) is 5.63. The predicted molar refractivity (Wildman–Crippen MR) is 136 cm³/mol. The highest BCUT2D eigenvalue weighted by atomic mass is 16.7. The van der Waals surface area contributed by atoms with Gasteiger partial charge in [0.1, 0.15) is 0 Å². The van der Waals surface area contributed by atoms with E-state index in [1.54, 1.807) is 0 Å². The fourth-order valence-electron chi connectivity index (χ4n) is 3.89. The van der Waals surface area contributed by atoms with Crippen LogP contribution in [-0.2, 0) is 9.47 Å². The second-order valence-electron chi connectivity index (χ2n) is 7.91. The van der Waals surface area contributed by atoms with Crippen LogP contribution in [0.5, 0.6) is 11.5 Å². The molecule has 3 aromatic carbocycles. The van der Waals surface area contributed by atoms with Gasteiger partial charge in [0.15, 0.2) is 22.7 Å². The monoisotopic (exact) mass is 548 g/mol. The van der Waals surface area contributed by atoms with E-state index >= 15 is 0 Å². The van der Waals surface area contributed by atoms with Crippen LogP contribution in [0.1, 0.15) is 0 Å². The van der Waals surface area contributed by atoms with Crippen molar-refractivity contribution in [1.82, 2.24) is 9.13 Å². The first-order valence-electron chi connectivity index (χ1n) is 11.2. The van der Waals surface area contributed by atoms with Gasteiger partial charge in [-0.25, -0.2) is 28.3 Å². The smallest absolute Gasteiger partial charge is 0.437 e. The zero-order valence-corrected chi connectivity index (χ0v) is 20.6. The topological polar surface area (TPSA) is 175 Å². The van der Waals surface area contributed by atoms with E-state index in [0.29, 0.717) is 9.13 Å². The molecule has 202 valence electrons. The molecule has 40 heavy (non-hydrogen) atoms. The van der Waals surface area contributed by atoms with E-state index in [2.05, 4.69) is 9.47 Å². The molecule has 2 aromatic heterocycles. The minimum absolute atomic E-state index is 0.0494. The van der Waals surface area contributed by atoms with E-state index in [4.69, 9.17) is 18.3 Å². The van der Waals surface area contributed by atoms with E-state index in [-0.39, 0.29) is 44.8 Å². The van der Waals surface area contributed by atoms with Gasteiger partial charge in [-0.05, 0) is 42.5 Å². The second kappa shape index (κ2) is 10.1. The molecule has 0 radical (unpaired) electrons. The third-order valence-corrected chi connectivity index (χ3v) is 5.63. The summed E-state index contributed by atoms with van der Waals surface area (Å²) in [7, 11) is 2.17. The number of methoxy groups -OCH3 is 2. The highest BCUT2D eigenvalue weighted by Gasteiger charge is 2.20. The Morgan fingerprint density at radius 2 is 1.02 bits per heavy atom. The summed E-state index contributed by atoms with van der Waals surface area (Å²) in [6.07, 6.45) is -2.17. The van der Waals surface area contributed by atoms with Gasteiger partial charge in [-0.1, -0.05) is 18.2 Å². The SMILES string of the molecule is COC(=O)Oc1cccc2c(=O)n(-c3cccc(-n4c(=O)oc5c(OC(=O)OC)cccc5c4=O)c3)c(=O)oc12. The van der Waals surface area contributed by atoms with Crippen LogP contribution in [0.25, 0.3) is 33.3 Å². The summed E-state index contributed by atoms with van der Waals surface area (Å²) in [4.78, 5) is 75.4. The normalized spacial score (nSPS) is 10.8. The van der Waals surface area contributed by atoms with E-state index < -0.39 is 34.9 Å². The van der Waals surface area contributed by atoms with Crippen molar-refractivity contribution >= 4 is 34.2 Å². The number of fused-ring (bicyclic) bond motifs is 2. The average molecular weight is 548 g/mol. The molecule has 0 saturated carbocycles. The largest absolute Gasteiger partial charge is 0.513 e. The molecule has 0 aliphatic carbocycles. The van der Waals surface area contributed by atoms with Crippen molar-refractivity contribution in [3.8, 4) is 22.9 Å². The molecule has 0 N–H and O–H groups in total. The molecule has 0 atom stereocenters. The summed E-state index contributed by atoms with van der Waals surface area (Å²) in [6, 6.07) is 13.5. The fraction of sp³-hybridized carbons (Fsp3) is 0.0769. The molecule has 0 aliphatic heterocycles. The number of hydrogen-bond donors (Lipinski definition) is 0. The molecule has 5 rings (SSSR count). The molecular formula is C26H16N2O12. The van der Waals surface area contributed by atoms with Gasteiger partial charge in [0.05, 0.1) is 36.4 Å². The van der Waals surface area contributed by atoms with Gasteiger partial charge in [0.2, 0.25) is 0 Å². The number of benzene rings is 3. The highest BCUT2D eigenvalue weighted by molar-refractivity contribution is 5.85. The maximum Gasteiger partial charge on any atom is 0.513 e. The molecule has 0 fully saturated rings. The minimum Gasteiger partial charge on any atom is -0.437 e. The molecule has 0 saturated heterocycles. The first-order chi connectivity index (χ1) is 19.2. The highest BCUT2D eigenvalue weighted by Crippen LogP contribution is 2.24. The molecule has 14 heteroatoms. The number of aromatic nitrogens is 2. The van der Waals surface area contributed by atoms with Crippen LogP contribution in [0, 0.1) is 0 Å². The van der Waals surface area contributed by atoms with Crippen molar-refractivity contribution in [2.45, 2.75) is 0 Å². The number of carbonyl (C=O) groups excluding carboxylic acids is 2. The Morgan fingerprint density at radius 3 is 1.43 bits per heavy atom. The predicted octanol–water partition coefficient (Wildman–Crippen LogP) is 2.49. The lowest BCUT2D eigenvalue weighted by Crippen LogP contribution is -2.33. The third kappa shape index (κ3) is 4.38. The van der Waals surface area contributed by atoms with Crippen LogP contribution in [-0.4, -0.2) is 35.7 Å². The molecule has 2 heterocycles. The molecule has 0 amide bonds. The lowest BCUT2D eigenvalue weighted by Gasteiger charge is -2.11. The van der Waals surface area contributed by atoms with Gasteiger partial charge >= 0.3 is 23.8 Å². The number of ether oxygens (including phenoxy) is 4. The van der Waals surface area contributed by atoms with Gasteiger partial charge in [-0.15, -0.1) is 0 Å². The Kier molecular flexibility index (Phi) is 6.49. The maximum atomic E-state index is 13.3. The maximum absolute atomic E-state index is 13.3. The zero-order valence-electron chi connectivity index (χ0n) is 20.6. The van der Waals surface area contributed by atoms with Crippen molar-refractivity contribution in [1.29, 1.82) is 0 Å². The van der Waals surface area contributed by atoms with Crippen LogP contribution >= 0.6 is 0 Å². The summed E-state index contributed by atoms with van der Waals surface area (Å²) in [5.74, 6) is -2.71. The van der Waals surface area contributed by atoms with Crippen molar-refractivity contribution in [3.05, 3.63) is 102 Å². The van der Waals surface area contributed by atoms with Crippen molar-refractivity contribution in [2.24, 2.45) is 0 Å². The quantitative estimate of drug-likeness (QED) is 0.237. The molecule has 0 aliphatic rings. The zero-order chi connectivity index (χ0) is 28.6. The molecule has 0 spiro atoms. The second-order valence-corrected chi connectivity index (χ2v) is 7.91. The lowest BCUT2D eigenvalue weighted by molar-refractivity contribution is 0.120. The van der Waals surface area contributed by atoms with Crippen LogP contribution < -0.4 is 32.1 Å². The number of hydrogen-bond acceptors (Lipinski definition) is 12. The standard InChI is InChI=1S/C26H16N2O12/c1-35-25(33)37-17-10-4-8-15-19(17)39-23(31)27(21(15)29)13-6-3-7-14(12-13)28-22(30)16-9-5-11-18(38-26(34)36-2)20(16)40-24(28)32/h3-12H,1-2H3. The van der Waals surface area contributed by atoms with Crippen LogP contribution in [0.15, 0.2) is 88.7 Å². The van der Waals surface area contributed by atoms with Crippen LogP contribution in [0.2, 0.25) is 0 Å². The first kappa shape index (κ1) is 25.7. The summed E-state index contributed by atoms with van der Waals surface area (Å²) >= 11 is 0. The fourth-order valence-corrected chi connectivity index (χ4v) is 3.89. The molecule has 14 nitrogen and oxygen atoms in total. The Hall–Kier alpha value is -5.92. The number of rotatable bonds is 4. The number of nitrogens with zero attached hydrogens (tertiary/aromatic N) is 2. The first-order valence-corrected chi connectivity index (χ1v) is 11.2. The van der Waals surface area contributed by atoms with Crippen LogP contribution in [0.4, 0.5) is 9.59 Å². The lowest BCUT2D eigenvalue weighted by atomic mass is 10.2. The molecule has 5 aromatic rings. The van der Waals surface area contributed by atoms with Gasteiger partial charge in [-0.2, -0.15) is 0 Å². The van der Waals surface area contributed by atoms with E-state index in [1.165, 1.54) is 60.7 Å². The summed E-state index contributed by atoms with van der Waals surface area (Å²) in [6.45, 7) is 0. The molecule has 0 bridgehead atoms. The van der Waals surface area contributed by atoms with Crippen LogP contribution in [0.3, 0.4) is 0 Å². The summed E-state index contributed by atoms with van der Waals surface area (Å²) in [5, 5.41) is -0.209. The molecule has 0 unspecified atom stereocenters. The molecular weight excluding hydrogens is 532 g/mol. The Morgan fingerprint density at radius 1 is 0.625 bits per heavy atom. The summed E-state index contributed by atoms with van der Waals surface area (Å²) in [5.41, 5.74) is -2.33. The summed E-state index contributed by atoms with van der Waals surface area (Å²) < 4.78 is 30.7. The Balaban J connectivity index is 1.66. The Labute approximate surface area is 220 Å². The Bertz CT molecular complexity index is 1920. The average Bonchev–Trinajstić information content (AvgIpc) is 2.94. The van der Waals surface area contributed by atoms with E-state index in [9.17, 15) is 28.8 Å². The van der Waals surface area contributed by atoms with Crippen molar-refractivity contribution < 1.29 is 37.4 Å². The number of carbonyl (C=O) groups is 2.